The minimum atomic E-state index is -1.06. The number of hydrogen-bond donors (Lipinski definition) is 2. The molecule has 8 heteroatoms. The Bertz CT molecular complexity index is 1210. The molecule has 0 saturated carbocycles. The number of nitrogens with zero attached hydrogens (tertiary/aromatic N) is 1. The number of rotatable bonds is 5. The summed E-state index contributed by atoms with van der Waals surface area (Å²) < 4.78 is 40.1. The molecule has 1 heterocycles. The molecule has 164 valence electrons. The van der Waals surface area contributed by atoms with Crippen molar-refractivity contribution >= 4 is 11.8 Å². The van der Waals surface area contributed by atoms with Gasteiger partial charge >= 0.3 is 0 Å². The highest BCUT2D eigenvalue weighted by atomic mass is 19.2. The van der Waals surface area contributed by atoms with Crippen LogP contribution in [0.2, 0.25) is 0 Å². The van der Waals surface area contributed by atoms with Crippen molar-refractivity contribution in [1.82, 2.24) is 10.2 Å². The van der Waals surface area contributed by atoms with E-state index in [1.54, 1.807) is 6.92 Å². The molecule has 0 saturated heterocycles. The molecule has 1 aliphatic heterocycles. The van der Waals surface area contributed by atoms with Gasteiger partial charge in [-0.2, -0.15) is 0 Å². The van der Waals surface area contributed by atoms with Gasteiger partial charge in [-0.1, -0.05) is 24.3 Å². The molecule has 0 fully saturated rings. The SMILES string of the molecule is Cc1c(O)ccc2c1C(=O)N(Cc1ccc(F)c(F)c1)C2C(=O)NCc1ccc(F)cc1. The molecular formula is C24H19F3N2O3. The second-order valence-corrected chi connectivity index (χ2v) is 7.60. The van der Waals surface area contributed by atoms with E-state index in [0.717, 1.165) is 12.1 Å². The van der Waals surface area contributed by atoms with Crippen LogP contribution in [0.1, 0.15) is 38.7 Å². The van der Waals surface area contributed by atoms with Crippen LogP contribution < -0.4 is 5.32 Å². The molecule has 2 N–H and O–H groups in total. The van der Waals surface area contributed by atoms with Crippen molar-refractivity contribution in [3.05, 3.63) is 99.9 Å². The van der Waals surface area contributed by atoms with Crippen LogP contribution in [0.4, 0.5) is 13.2 Å². The van der Waals surface area contributed by atoms with E-state index in [4.69, 9.17) is 0 Å². The first-order valence-corrected chi connectivity index (χ1v) is 9.85. The second-order valence-electron chi connectivity index (χ2n) is 7.60. The van der Waals surface area contributed by atoms with Crippen molar-refractivity contribution in [3.8, 4) is 5.75 Å². The normalized spacial score (nSPS) is 15.1. The molecule has 0 bridgehead atoms. The van der Waals surface area contributed by atoms with Crippen LogP contribution in [0.5, 0.6) is 5.75 Å². The Kier molecular flexibility index (Phi) is 5.61. The quantitative estimate of drug-likeness (QED) is 0.627. The average Bonchev–Trinajstić information content (AvgIpc) is 3.05. The van der Waals surface area contributed by atoms with Gasteiger partial charge in [-0.3, -0.25) is 9.59 Å². The van der Waals surface area contributed by atoms with E-state index < -0.39 is 35.3 Å². The maximum absolute atomic E-state index is 13.7. The van der Waals surface area contributed by atoms with Crippen LogP contribution in [0.15, 0.2) is 54.6 Å². The minimum Gasteiger partial charge on any atom is -0.508 e. The molecule has 0 spiro atoms. The van der Waals surface area contributed by atoms with E-state index in [0.29, 0.717) is 22.3 Å². The molecule has 4 rings (SSSR count). The van der Waals surface area contributed by atoms with Gasteiger partial charge < -0.3 is 15.3 Å². The summed E-state index contributed by atoms with van der Waals surface area (Å²) in [7, 11) is 0. The second kappa shape index (κ2) is 8.37. The van der Waals surface area contributed by atoms with Crippen molar-refractivity contribution < 1.29 is 27.9 Å². The van der Waals surface area contributed by atoms with Gasteiger partial charge in [-0.15, -0.1) is 0 Å². The predicted molar refractivity (Wildman–Crippen MR) is 110 cm³/mol. The van der Waals surface area contributed by atoms with E-state index in [2.05, 4.69) is 5.32 Å². The summed E-state index contributed by atoms with van der Waals surface area (Å²) in [5, 5.41) is 12.8. The fraction of sp³-hybridized carbons (Fsp3) is 0.167. The number of amides is 2. The number of carbonyl (C=O) groups is 2. The topological polar surface area (TPSA) is 69.6 Å². The zero-order chi connectivity index (χ0) is 23.0. The number of carbonyl (C=O) groups excluding carboxylic acids is 2. The summed E-state index contributed by atoms with van der Waals surface area (Å²) in [6.07, 6.45) is 0. The molecule has 0 aliphatic carbocycles. The molecule has 1 aliphatic rings. The van der Waals surface area contributed by atoms with Crippen LogP contribution in [-0.2, 0) is 17.9 Å². The Morgan fingerprint density at radius 3 is 2.38 bits per heavy atom. The minimum absolute atomic E-state index is 0.0859. The number of halogens is 3. The van der Waals surface area contributed by atoms with E-state index in [1.807, 2.05) is 0 Å². The van der Waals surface area contributed by atoms with Crippen LogP contribution in [0.3, 0.4) is 0 Å². The van der Waals surface area contributed by atoms with Crippen LogP contribution in [0, 0.1) is 24.4 Å². The summed E-state index contributed by atoms with van der Waals surface area (Å²) >= 11 is 0. The van der Waals surface area contributed by atoms with Crippen molar-refractivity contribution in [2.75, 3.05) is 0 Å². The molecule has 0 aromatic heterocycles. The van der Waals surface area contributed by atoms with Gasteiger partial charge in [-0.05, 0) is 53.9 Å². The molecule has 0 radical (unpaired) electrons. The maximum atomic E-state index is 13.7. The first-order valence-electron chi connectivity index (χ1n) is 9.85. The fourth-order valence-electron chi connectivity index (χ4n) is 3.83. The van der Waals surface area contributed by atoms with Crippen LogP contribution in [-0.4, -0.2) is 21.8 Å². The van der Waals surface area contributed by atoms with Crippen molar-refractivity contribution in [1.29, 1.82) is 0 Å². The van der Waals surface area contributed by atoms with E-state index in [9.17, 15) is 27.9 Å². The van der Waals surface area contributed by atoms with E-state index in [1.165, 1.54) is 47.4 Å². The van der Waals surface area contributed by atoms with Crippen LogP contribution >= 0.6 is 0 Å². The largest absolute Gasteiger partial charge is 0.508 e. The Balaban J connectivity index is 1.66. The lowest BCUT2D eigenvalue weighted by atomic mass is 9.99. The van der Waals surface area contributed by atoms with Gasteiger partial charge in [0, 0.05) is 18.7 Å². The monoisotopic (exact) mass is 440 g/mol. The molecular weight excluding hydrogens is 421 g/mol. The van der Waals surface area contributed by atoms with Gasteiger partial charge in [-0.25, -0.2) is 13.2 Å². The number of aromatic hydroxyl groups is 1. The standard InChI is InChI=1S/C24H19F3N2O3/c1-13-20(30)9-7-17-21(13)24(32)29(12-15-4-8-18(26)19(27)10-15)22(17)23(31)28-11-14-2-5-16(25)6-3-14/h2-10,22,30H,11-12H2,1H3,(H,28,31). The van der Waals surface area contributed by atoms with Gasteiger partial charge in [0.1, 0.15) is 17.6 Å². The lowest BCUT2D eigenvalue weighted by Crippen LogP contribution is -2.38. The maximum Gasteiger partial charge on any atom is 0.255 e. The number of phenols is 1. The summed E-state index contributed by atoms with van der Waals surface area (Å²) in [4.78, 5) is 27.6. The average molecular weight is 440 g/mol. The Hall–Kier alpha value is -3.81. The molecule has 1 unspecified atom stereocenters. The van der Waals surface area contributed by atoms with E-state index in [-0.39, 0.29) is 24.4 Å². The number of fused-ring (bicyclic) bond motifs is 1. The zero-order valence-corrected chi connectivity index (χ0v) is 17.0. The molecule has 5 nitrogen and oxygen atoms in total. The van der Waals surface area contributed by atoms with Gasteiger partial charge in [0.25, 0.3) is 5.91 Å². The Morgan fingerprint density at radius 2 is 1.69 bits per heavy atom. The highest BCUT2D eigenvalue weighted by molar-refractivity contribution is 6.06. The zero-order valence-electron chi connectivity index (χ0n) is 17.0. The van der Waals surface area contributed by atoms with Crippen molar-refractivity contribution in [3.63, 3.8) is 0 Å². The lowest BCUT2D eigenvalue weighted by Gasteiger charge is -2.25. The van der Waals surface area contributed by atoms with Gasteiger partial charge in [0.05, 0.1) is 5.56 Å². The van der Waals surface area contributed by atoms with Gasteiger partial charge in [0.15, 0.2) is 11.6 Å². The molecule has 1 atom stereocenters. The van der Waals surface area contributed by atoms with Crippen LogP contribution in [0.25, 0.3) is 0 Å². The number of hydrogen-bond acceptors (Lipinski definition) is 3. The summed E-state index contributed by atoms with van der Waals surface area (Å²) in [5.74, 6) is -3.55. The third-order valence-corrected chi connectivity index (χ3v) is 5.51. The lowest BCUT2D eigenvalue weighted by molar-refractivity contribution is -0.125. The molecule has 3 aromatic rings. The predicted octanol–water partition coefficient (Wildman–Crippen LogP) is 4.13. The third kappa shape index (κ3) is 3.91. The molecule has 2 amide bonds. The van der Waals surface area contributed by atoms with Crippen molar-refractivity contribution in [2.45, 2.75) is 26.1 Å². The highest BCUT2D eigenvalue weighted by Crippen LogP contribution is 2.39. The fourth-order valence-corrected chi connectivity index (χ4v) is 3.83. The summed E-state index contributed by atoms with van der Waals surface area (Å²) in [6, 6.07) is 10.8. The number of nitrogens with one attached hydrogen (secondary N) is 1. The van der Waals surface area contributed by atoms with Crippen molar-refractivity contribution in [2.24, 2.45) is 0 Å². The Labute approximate surface area is 182 Å². The first-order chi connectivity index (χ1) is 15.3. The highest BCUT2D eigenvalue weighted by Gasteiger charge is 2.42. The molecule has 32 heavy (non-hydrogen) atoms. The summed E-state index contributed by atoms with van der Waals surface area (Å²) in [5.41, 5.74) is 1.91. The molecule has 3 aromatic carbocycles. The summed E-state index contributed by atoms with van der Waals surface area (Å²) in [6.45, 7) is 1.54. The number of benzene rings is 3. The van der Waals surface area contributed by atoms with E-state index >= 15 is 0 Å². The Morgan fingerprint density at radius 1 is 1.00 bits per heavy atom. The van der Waals surface area contributed by atoms with Gasteiger partial charge in [0.2, 0.25) is 5.91 Å². The number of phenolic OH excluding ortho intramolecular Hbond substituents is 1. The first kappa shape index (κ1) is 21.4. The smallest absolute Gasteiger partial charge is 0.255 e. The third-order valence-electron chi connectivity index (χ3n) is 5.51.